The highest BCUT2D eigenvalue weighted by Gasteiger charge is 2.32. The first-order chi connectivity index (χ1) is 15.8. The summed E-state index contributed by atoms with van der Waals surface area (Å²) in [5.41, 5.74) is 0.581. The fraction of sp³-hybridized carbons (Fsp3) is 0.565. The Kier molecular flexibility index (Phi) is 8.62. The second kappa shape index (κ2) is 11.4. The van der Waals surface area contributed by atoms with Crippen molar-refractivity contribution in [1.82, 2.24) is 10.2 Å². The zero-order valence-electron chi connectivity index (χ0n) is 19.1. The van der Waals surface area contributed by atoms with Crippen molar-refractivity contribution < 1.29 is 28.7 Å². The lowest BCUT2D eigenvalue weighted by molar-refractivity contribution is -0.123. The third-order valence-corrected chi connectivity index (χ3v) is 6.83. The number of thiophene rings is 1. The normalized spacial score (nSPS) is 16.7. The van der Waals surface area contributed by atoms with Crippen LogP contribution in [0, 0.1) is 12.8 Å². The van der Waals surface area contributed by atoms with Crippen molar-refractivity contribution in [2.75, 3.05) is 38.2 Å². The number of carbonyl (C=O) groups is 4. The summed E-state index contributed by atoms with van der Waals surface area (Å²) in [7, 11) is 0. The monoisotopic (exact) mass is 477 g/mol. The largest absolute Gasteiger partial charge is 0.462 e. The molecule has 0 bridgehead atoms. The van der Waals surface area contributed by atoms with Gasteiger partial charge in [-0.3, -0.25) is 14.5 Å². The van der Waals surface area contributed by atoms with E-state index in [1.165, 1.54) is 6.08 Å². The van der Waals surface area contributed by atoms with Crippen molar-refractivity contribution in [3.8, 4) is 0 Å². The summed E-state index contributed by atoms with van der Waals surface area (Å²) in [4.78, 5) is 51.8. The molecule has 0 atom stereocenters. The molecule has 0 aromatic carbocycles. The van der Waals surface area contributed by atoms with Gasteiger partial charge in [0, 0.05) is 25.0 Å². The molecule has 1 aromatic rings. The molecule has 2 N–H and O–H groups in total. The lowest BCUT2D eigenvalue weighted by atomic mass is 10.0. The van der Waals surface area contributed by atoms with Crippen molar-refractivity contribution in [3.05, 3.63) is 28.7 Å². The van der Waals surface area contributed by atoms with Crippen LogP contribution in [0.15, 0.2) is 12.7 Å². The number of rotatable bonds is 10. The van der Waals surface area contributed by atoms with Gasteiger partial charge >= 0.3 is 11.9 Å². The van der Waals surface area contributed by atoms with Gasteiger partial charge in [-0.2, -0.15) is 0 Å². The Bertz CT molecular complexity index is 916. The maximum absolute atomic E-state index is 12.7. The first-order valence-corrected chi connectivity index (χ1v) is 12.1. The summed E-state index contributed by atoms with van der Waals surface area (Å²) in [5, 5.41) is 6.14. The maximum Gasteiger partial charge on any atom is 0.348 e. The van der Waals surface area contributed by atoms with E-state index in [4.69, 9.17) is 9.47 Å². The highest BCUT2D eigenvalue weighted by Crippen LogP contribution is 2.34. The van der Waals surface area contributed by atoms with Gasteiger partial charge in [0.1, 0.15) is 16.5 Å². The molecule has 1 aromatic heterocycles. The Morgan fingerprint density at radius 3 is 2.42 bits per heavy atom. The molecule has 1 saturated heterocycles. The van der Waals surface area contributed by atoms with E-state index in [0.717, 1.165) is 37.0 Å². The molecule has 2 amide bonds. The number of hydrogen-bond donors (Lipinski definition) is 2. The van der Waals surface area contributed by atoms with E-state index in [9.17, 15) is 19.2 Å². The average molecular weight is 478 g/mol. The first kappa shape index (κ1) is 24.9. The molecular formula is C23H31N3O6S. The highest BCUT2D eigenvalue weighted by molar-refractivity contribution is 7.18. The van der Waals surface area contributed by atoms with Crippen LogP contribution < -0.4 is 10.6 Å². The van der Waals surface area contributed by atoms with Gasteiger partial charge < -0.3 is 20.1 Å². The fourth-order valence-electron chi connectivity index (χ4n) is 3.71. The van der Waals surface area contributed by atoms with Gasteiger partial charge in [-0.15, -0.1) is 11.3 Å². The quantitative estimate of drug-likeness (QED) is 0.393. The lowest BCUT2D eigenvalue weighted by Gasteiger charge is -2.31. The van der Waals surface area contributed by atoms with Gasteiger partial charge in [0.05, 0.1) is 18.7 Å². The van der Waals surface area contributed by atoms with Gasteiger partial charge in [0.25, 0.3) is 0 Å². The Balaban J connectivity index is 1.60. The van der Waals surface area contributed by atoms with E-state index in [1.54, 1.807) is 13.8 Å². The summed E-state index contributed by atoms with van der Waals surface area (Å²) in [6.45, 7) is 8.58. The van der Waals surface area contributed by atoms with Crippen molar-refractivity contribution in [2.24, 2.45) is 5.92 Å². The number of piperidine rings is 1. The fourth-order valence-corrected chi connectivity index (χ4v) is 4.82. The number of esters is 2. The van der Waals surface area contributed by atoms with Crippen LogP contribution in [0.2, 0.25) is 0 Å². The van der Waals surface area contributed by atoms with E-state index in [1.807, 2.05) is 4.90 Å². The van der Waals surface area contributed by atoms with E-state index in [0.29, 0.717) is 18.7 Å². The molecule has 1 aliphatic heterocycles. The van der Waals surface area contributed by atoms with Crippen LogP contribution >= 0.6 is 11.3 Å². The minimum atomic E-state index is -0.600. The number of hydrogen-bond acceptors (Lipinski definition) is 8. The van der Waals surface area contributed by atoms with Gasteiger partial charge in [-0.25, -0.2) is 9.59 Å². The van der Waals surface area contributed by atoms with Gasteiger partial charge in [0.15, 0.2) is 0 Å². The summed E-state index contributed by atoms with van der Waals surface area (Å²) < 4.78 is 10.2. The van der Waals surface area contributed by atoms with Crippen molar-refractivity contribution >= 4 is 40.1 Å². The molecule has 0 radical (unpaired) electrons. The summed E-state index contributed by atoms with van der Waals surface area (Å²) >= 11 is 0.997. The van der Waals surface area contributed by atoms with Crippen molar-refractivity contribution in [2.45, 2.75) is 45.6 Å². The number of nitrogens with zero attached hydrogens (tertiary/aromatic N) is 1. The summed E-state index contributed by atoms with van der Waals surface area (Å²) in [6.07, 6.45) is 4.99. The van der Waals surface area contributed by atoms with Gasteiger partial charge in [-0.1, -0.05) is 12.7 Å². The molecular weight excluding hydrogens is 446 g/mol. The second-order valence-corrected chi connectivity index (χ2v) is 9.27. The molecule has 1 aliphatic carbocycles. The summed E-state index contributed by atoms with van der Waals surface area (Å²) in [6, 6.07) is 0.150. The molecule has 33 heavy (non-hydrogen) atoms. The topological polar surface area (TPSA) is 114 Å². The minimum Gasteiger partial charge on any atom is -0.462 e. The predicted molar refractivity (Wildman–Crippen MR) is 124 cm³/mol. The Morgan fingerprint density at radius 1 is 1.12 bits per heavy atom. The number of amides is 2. The number of anilines is 1. The Labute approximate surface area is 197 Å². The molecule has 3 rings (SSSR count). The average Bonchev–Trinajstić information content (AvgIpc) is 3.58. The third kappa shape index (κ3) is 6.64. The second-order valence-electron chi connectivity index (χ2n) is 8.25. The Hall–Kier alpha value is -2.72. The van der Waals surface area contributed by atoms with E-state index >= 15 is 0 Å². The smallest absolute Gasteiger partial charge is 0.348 e. The van der Waals surface area contributed by atoms with E-state index in [-0.39, 0.29) is 59.0 Å². The number of carbonyl (C=O) groups excluding carboxylic acids is 4. The van der Waals surface area contributed by atoms with Crippen molar-refractivity contribution in [3.63, 3.8) is 0 Å². The highest BCUT2D eigenvalue weighted by atomic mass is 32.1. The maximum atomic E-state index is 12.7. The lowest BCUT2D eigenvalue weighted by Crippen LogP contribution is -2.46. The van der Waals surface area contributed by atoms with E-state index < -0.39 is 11.9 Å². The van der Waals surface area contributed by atoms with Gasteiger partial charge in [-0.05, 0) is 45.1 Å². The number of ether oxygens (including phenoxy) is 2. The molecule has 180 valence electrons. The van der Waals surface area contributed by atoms with Crippen LogP contribution in [0.5, 0.6) is 0 Å². The van der Waals surface area contributed by atoms with Gasteiger partial charge in [0.2, 0.25) is 11.8 Å². The van der Waals surface area contributed by atoms with E-state index in [2.05, 4.69) is 17.2 Å². The molecule has 0 spiro atoms. The van der Waals surface area contributed by atoms with Crippen LogP contribution in [0.3, 0.4) is 0 Å². The van der Waals surface area contributed by atoms with Crippen LogP contribution in [0.4, 0.5) is 5.00 Å². The molecule has 0 unspecified atom stereocenters. The third-order valence-electron chi connectivity index (χ3n) is 5.65. The van der Waals surface area contributed by atoms with Crippen LogP contribution in [-0.4, -0.2) is 67.5 Å². The van der Waals surface area contributed by atoms with Crippen LogP contribution in [-0.2, 0) is 19.1 Å². The standard InChI is InChI=1S/C23H31N3O6S/c1-4-12-32-23(30)19-14(3)18(22(29)31-5-2)21(33-19)25-17(27)13-26-10-8-16(9-11-26)24-20(28)15-6-7-15/h4,15-16H,1,5-13H2,2-3H3,(H,24,28)(H,25,27). The first-order valence-electron chi connectivity index (χ1n) is 11.2. The van der Waals surface area contributed by atoms with Crippen molar-refractivity contribution in [1.29, 1.82) is 0 Å². The molecule has 2 heterocycles. The van der Waals surface area contributed by atoms with Crippen LogP contribution in [0.25, 0.3) is 0 Å². The Morgan fingerprint density at radius 2 is 1.82 bits per heavy atom. The molecule has 2 aliphatic rings. The minimum absolute atomic E-state index is 0.0453. The molecule has 9 nitrogen and oxygen atoms in total. The molecule has 10 heteroatoms. The SMILES string of the molecule is C=CCOC(=O)c1sc(NC(=O)CN2CCC(NC(=O)C3CC3)CC2)c(C(=O)OCC)c1C. The molecule has 1 saturated carbocycles. The van der Waals surface area contributed by atoms with Crippen LogP contribution in [0.1, 0.15) is 58.2 Å². The summed E-state index contributed by atoms with van der Waals surface area (Å²) in [5.74, 6) is -1.13. The number of likely N-dealkylation sites (tertiary alicyclic amines) is 1. The molecule has 2 fully saturated rings. The predicted octanol–water partition coefficient (Wildman–Crippen LogP) is 2.51. The number of nitrogens with one attached hydrogen (secondary N) is 2. The zero-order valence-corrected chi connectivity index (χ0v) is 19.9. The zero-order chi connectivity index (χ0) is 24.0.